The number of aliphatic hydroxyl groups excluding tert-OH is 1. The van der Waals surface area contributed by atoms with Gasteiger partial charge < -0.3 is 5.11 Å². The van der Waals surface area contributed by atoms with Crippen molar-refractivity contribution in [3.63, 3.8) is 0 Å². The molecule has 1 atom stereocenters. The van der Waals surface area contributed by atoms with Gasteiger partial charge in [0.15, 0.2) is 0 Å². The van der Waals surface area contributed by atoms with Gasteiger partial charge in [-0.3, -0.25) is 4.79 Å². The minimum Gasteiger partial charge on any atom is -0.388 e. The van der Waals surface area contributed by atoms with Crippen molar-refractivity contribution < 1.29 is 9.90 Å². The first-order valence-corrected chi connectivity index (χ1v) is 4.41. The van der Waals surface area contributed by atoms with Crippen molar-refractivity contribution in [3.8, 4) is 0 Å². The highest BCUT2D eigenvalue weighted by Gasteiger charge is 2.12. The third-order valence-electron chi connectivity index (χ3n) is 1.75. The molecule has 1 aromatic rings. The van der Waals surface area contributed by atoms with Crippen LogP contribution in [0.4, 0.5) is 0 Å². The Labute approximate surface area is 82.2 Å². The van der Waals surface area contributed by atoms with Gasteiger partial charge in [-0.05, 0) is 18.6 Å². The molecule has 70 valence electrons. The van der Waals surface area contributed by atoms with Crippen molar-refractivity contribution in [1.29, 1.82) is 0 Å². The standard InChI is InChI=1S/C10H11ClO2/c1-7(12)6-10(13)8-4-2-3-5-9(8)11/h2-5,10,13H,6H2,1H3/t10-/m0/s1. The Morgan fingerprint density at radius 1 is 1.54 bits per heavy atom. The van der Waals surface area contributed by atoms with Crippen LogP contribution < -0.4 is 0 Å². The summed E-state index contributed by atoms with van der Waals surface area (Å²) in [5, 5.41) is 10.1. The maximum Gasteiger partial charge on any atom is 0.132 e. The van der Waals surface area contributed by atoms with Crippen LogP contribution in [-0.2, 0) is 4.79 Å². The number of aliphatic hydroxyl groups is 1. The summed E-state index contributed by atoms with van der Waals surface area (Å²) in [7, 11) is 0. The van der Waals surface area contributed by atoms with Gasteiger partial charge in [-0.1, -0.05) is 29.8 Å². The topological polar surface area (TPSA) is 37.3 Å². The lowest BCUT2D eigenvalue weighted by Crippen LogP contribution is -2.03. The summed E-state index contributed by atoms with van der Waals surface area (Å²) >= 11 is 5.83. The molecule has 1 rings (SSSR count). The molecule has 0 bridgehead atoms. The largest absolute Gasteiger partial charge is 0.388 e. The number of rotatable bonds is 3. The summed E-state index contributed by atoms with van der Waals surface area (Å²) in [6.45, 7) is 1.44. The third-order valence-corrected chi connectivity index (χ3v) is 2.09. The molecule has 0 saturated heterocycles. The van der Waals surface area contributed by atoms with Gasteiger partial charge in [0, 0.05) is 11.4 Å². The van der Waals surface area contributed by atoms with E-state index in [4.69, 9.17) is 11.6 Å². The lowest BCUT2D eigenvalue weighted by Gasteiger charge is -2.09. The molecule has 13 heavy (non-hydrogen) atoms. The Hall–Kier alpha value is -0.860. The Kier molecular flexibility index (Phi) is 3.46. The van der Waals surface area contributed by atoms with Crippen LogP contribution in [-0.4, -0.2) is 10.9 Å². The van der Waals surface area contributed by atoms with E-state index in [2.05, 4.69) is 0 Å². The molecular formula is C10H11ClO2. The van der Waals surface area contributed by atoms with E-state index in [1.165, 1.54) is 6.92 Å². The SMILES string of the molecule is CC(=O)C[C@H](O)c1ccccc1Cl. The maximum atomic E-state index is 10.7. The van der Waals surface area contributed by atoms with Crippen molar-refractivity contribution in [1.82, 2.24) is 0 Å². The van der Waals surface area contributed by atoms with Crippen LogP contribution in [0.2, 0.25) is 5.02 Å². The normalized spacial score (nSPS) is 12.5. The molecule has 0 fully saturated rings. The Morgan fingerprint density at radius 3 is 2.69 bits per heavy atom. The Morgan fingerprint density at radius 2 is 2.15 bits per heavy atom. The summed E-state index contributed by atoms with van der Waals surface area (Å²) in [6, 6.07) is 6.98. The second kappa shape index (κ2) is 4.40. The molecule has 0 amide bonds. The summed E-state index contributed by atoms with van der Waals surface area (Å²) in [5.41, 5.74) is 0.611. The van der Waals surface area contributed by atoms with E-state index in [1.54, 1.807) is 24.3 Å². The van der Waals surface area contributed by atoms with Crippen molar-refractivity contribution >= 4 is 17.4 Å². The lowest BCUT2D eigenvalue weighted by molar-refractivity contribution is -0.118. The molecule has 2 nitrogen and oxygen atoms in total. The summed E-state index contributed by atoms with van der Waals surface area (Å²) in [6.07, 6.45) is -0.671. The third kappa shape index (κ3) is 2.83. The molecule has 0 spiro atoms. The van der Waals surface area contributed by atoms with Gasteiger partial charge in [-0.15, -0.1) is 0 Å². The first-order valence-electron chi connectivity index (χ1n) is 4.03. The van der Waals surface area contributed by atoms with Crippen molar-refractivity contribution in [3.05, 3.63) is 34.9 Å². The fourth-order valence-corrected chi connectivity index (χ4v) is 1.39. The first-order chi connectivity index (χ1) is 6.11. The zero-order chi connectivity index (χ0) is 9.84. The van der Waals surface area contributed by atoms with Crippen molar-refractivity contribution in [2.45, 2.75) is 19.4 Å². The van der Waals surface area contributed by atoms with E-state index in [1.807, 2.05) is 0 Å². The van der Waals surface area contributed by atoms with E-state index in [0.717, 1.165) is 0 Å². The number of halogens is 1. The van der Waals surface area contributed by atoms with Gasteiger partial charge in [-0.25, -0.2) is 0 Å². The highest BCUT2D eigenvalue weighted by Crippen LogP contribution is 2.24. The first kappa shape index (κ1) is 10.2. The molecule has 0 unspecified atom stereocenters. The molecule has 0 aromatic heterocycles. The zero-order valence-corrected chi connectivity index (χ0v) is 8.08. The predicted molar refractivity (Wildman–Crippen MR) is 51.7 cm³/mol. The monoisotopic (exact) mass is 198 g/mol. The van der Waals surface area contributed by atoms with Crippen LogP contribution in [0, 0.1) is 0 Å². The molecule has 0 aliphatic rings. The average molecular weight is 199 g/mol. The lowest BCUT2D eigenvalue weighted by atomic mass is 10.1. The van der Waals surface area contributed by atoms with Crippen LogP contribution in [0.15, 0.2) is 24.3 Å². The van der Waals surface area contributed by atoms with Crippen molar-refractivity contribution in [2.75, 3.05) is 0 Å². The van der Waals surface area contributed by atoms with Gasteiger partial charge in [0.25, 0.3) is 0 Å². The van der Waals surface area contributed by atoms with Crippen LogP contribution in [0.5, 0.6) is 0 Å². The molecule has 1 N–H and O–H groups in total. The molecule has 0 saturated carbocycles. The predicted octanol–water partition coefficient (Wildman–Crippen LogP) is 2.35. The van der Waals surface area contributed by atoms with Crippen molar-refractivity contribution in [2.24, 2.45) is 0 Å². The van der Waals surface area contributed by atoms with E-state index in [0.29, 0.717) is 10.6 Å². The van der Waals surface area contributed by atoms with Gasteiger partial charge in [0.05, 0.1) is 6.10 Å². The van der Waals surface area contributed by atoms with E-state index in [-0.39, 0.29) is 12.2 Å². The Balaban J connectivity index is 2.82. The molecule has 0 aliphatic carbocycles. The summed E-state index contributed by atoms with van der Waals surface area (Å²) in [5.74, 6) is -0.0487. The molecule has 0 heterocycles. The molecular weight excluding hydrogens is 188 g/mol. The number of carbonyl (C=O) groups excluding carboxylic acids is 1. The second-order valence-corrected chi connectivity index (χ2v) is 3.35. The van der Waals surface area contributed by atoms with Crippen LogP contribution >= 0.6 is 11.6 Å². The smallest absolute Gasteiger partial charge is 0.132 e. The molecule has 0 radical (unpaired) electrons. The minimum atomic E-state index is -0.786. The number of hydrogen-bond donors (Lipinski definition) is 1. The Bertz CT molecular complexity index is 310. The van der Waals surface area contributed by atoms with Gasteiger partial charge in [0.1, 0.15) is 5.78 Å². The fourth-order valence-electron chi connectivity index (χ4n) is 1.13. The zero-order valence-electron chi connectivity index (χ0n) is 7.33. The summed E-state index contributed by atoms with van der Waals surface area (Å²) in [4.78, 5) is 10.7. The number of carbonyl (C=O) groups is 1. The minimum absolute atomic E-state index is 0.0487. The number of ketones is 1. The van der Waals surface area contributed by atoms with Crippen LogP contribution in [0.25, 0.3) is 0 Å². The van der Waals surface area contributed by atoms with E-state index in [9.17, 15) is 9.90 Å². The highest BCUT2D eigenvalue weighted by molar-refractivity contribution is 6.31. The molecule has 3 heteroatoms. The van der Waals surface area contributed by atoms with Crippen LogP contribution in [0.3, 0.4) is 0 Å². The van der Waals surface area contributed by atoms with E-state index >= 15 is 0 Å². The highest BCUT2D eigenvalue weighted by atomic mass is 35.5. The van der Waals surface area contributed by atoms with Gasteiger partial charge >= 0.3 is 0 Å². The van der Waals surface area contributed by atoms with E-state index < -0.39 is 6.10 Å². The molecule has 1 aromatic carbocycles. The number of benzene rings is 1. The summed E-state index contributed by atoms with van der Waals surface area (Å²) < 4.78 is 0. The quantitative estimate of drug-likeness (QED) is 0.810. The molecule has 0 aliphatic heterocycles. The van der Waals surface area contributed by atoms with Gasteiger partial charge in [0.2, 0.25) is 0 Å². The fraction of sp³-hybridized carbons (Fsp3) is 0.300. The maximum absolute atomic E-state index is 10.7. The second-order valence-electron chi connectivity index (χ2n) is 2.94. The number of Topliss-reactive ketones (excluding diaryl/α,β-unsaturated/α-hetero) is 1. The van der Waals surface area contributed by atoms with Crippen LogP contribution in [0.1, 0.15) is 25.0 Å². The van der Waals surface area contributed by atoms with Gasteiger partial charge in [-0.2, -0.15) is 0 Å². The number of hydrogen-bond acceptors (Lipinski definition) is 2. The average Bonchev–Trinajstić information content (AvgIpc) is 2.03.